The van der Waals surface area contributed by atoms with E-state index in [4.69, 9.17) is 9.47 Å². The van der Waals surface area contributed by atoms with Crippen molar-refractivity contribution >= 4 is 6.09 Å². The summed E-state index contributed by atoms with van der Waals surface area (Å²) >= 11 is 0. The van der Waals surface area contributed by atoms with Crippen LogP contribution in [0.3, 0.4) is 0 Å². The second-order valence-electron chi connectivity index (χ2n) is 6.26. The number of allylic oxidation sites excluding steroid dienone is 1. The molecule has 0 bridgehead atoms. The van der Waals surface area contributed by atoms with Crippen molar-refractivity contribution in [3.8, 4) is 0 Å². The van der Waals surface area contributed by atoms with Crippen molar-refractivity contribution < 1.29 is 14.3 Å². The number of hydrogen-bond donors (Lipinski definition) is 0. The van der Waals surface area contributed by atoms with Gasteiger partial charge in [-0.25, -0.2) is 4.79 Å². The quantitative estimate of drug-likeness (QED) is 0.697. The van der Waals surface area contributed by atoms with Crippen LogP contribution in [0.5, 0.6) is 0 Å². The number of carbonyl (C=O) groups is 1. The highest BCUT2D eigenvalue weighted by Gasteiger charge is 2.30. The summed E-state index contributed by atoms with van der Waals surface area (Å²) in [6.45, 7) is 5.13. The van der Waals surface area contributed by atoms with Crippen LogP contribution in [0, 0.1) is 5.92 Å². The van der Waals surface area contributed by atoms with Gasteiger partial charge in [0, 0.05) is 18.2 Å². The number of hydrogen-bond acceptors (Lipinski definition) is 4. The number of cyclic esters (lactones) is 1. The van der Waals surface area contributed by atoms with E-state index in [1.54, 1.807) is 4.90 Å². The molecule has 0 N–H and O–H groups in total. The fourth-order valence-corrected chi connectivity index (χ4v) is 2.90. The molecule has 1 unspecified atom stereocenters. The molecule has 1 aromatic carbocycles. The Morgan fingerprint density at radius 2 is 2.12 bits per heavy atom. The van der Waals surface area contributed by atoms with Gasteiger partial charge in [0.25, 0.3) is 0 Å². The van der Waals surface area contributed by atoms with Crippen LogP contribution < -0.4 is 0 Å². The molecule has 2 rings (SSSR count). The number of benzene rings is 1. The smallest absolute Gasteiger partial charge is 0.414 e. The van der Waals surface area contributed by atoms with E-state index in [2.05, 4.69) is 30.0 Å². The highest BCUT2D eigenvalue weighted by atomic mass is 16.6. The van der Waals surface area contributed by atoms with Crippen LogP contribution >= 0.6 is 0 Å². The molecule has 1 aromatic rings. The third-order valence-corrected chi connectivity index (χ3v) is 3.92. The van der Waals surface area contributed by atoms with Crippen LogP contribution in [-0.2, 0) is 16.1 Å². The minimum Gasteiger partial charge on any atom is -0.447 e. The Hall–Kier alpha value is -1.85. The zero-order valence-electron chi connectivity index (χ0n) is 14.9. The molecule has 5 heteroatoms. The van der Waals surface area contributed by atoms with Crippen LogP contribution in [0.25, 0.3) is 0 Å². The lowest BCUT2D eigenvalue weighted by Gasteiger charge is -2.28. The van der Waals surface area contributed by atoms with Gasteiger partial charge in [0.15, 0.2) is 0 Å². The first-order valence-corrected chi connectivity index (χ1v) is 8.52. The lowest BCUT2D eigenvalue weighted by Crippen LogP contribution is -2.35. The van der Waals surface area contributed by atoms with E-state index in [1.165, 1.54) is 0 Å². The molecule has 1 atom stereocenters. The molecule has 1 fully saturated rings. The van der Waals surface area contributed by atoms with Crippen molar-refractivity contribution in [2.24, 2.45) is 5.92 Å². The molecular weight excluding hydrogens is 304 g/mol. The Bertz CT molecular complexity index is 543. The Labute approximate surface area is 144 Å². The predicted molar refractivity (Wildman–Crippen MR) is 94.6 cm³/mol. The third kappa shape index (κ3) is 5.35. The average molecular weight is 332 g/mol. The van der Waals surface area contributed by atoms with Crippen molar-refractivity contribution in [1.82, 2.24) is 9.80 Å². The number of amides is 1. The van der Waals surface area contributed by atoms with Crippen LogP contribution in [0.1, 0.15) is 18.9 Å². The van der Waals surface area contributed by atoms with Gasteiger partial charge in [-0.1, -0.05) is 43.3 Å². The van der Waals surface area contributed by atoms with Crippen molar-refractivity contribution in [2.75, 3.05) is 40.4 Å². The molecule has 1 heterocycles. The second-order valence-corrected chi connectivity index (χ2v) is 6.26. The van der Waals surface area contributed by atoms with Crippen LogP contribution in [0.15, 0.2) is 42.1 Å². The number of carbonyl (C=O) groups excluding carboxylic acids is 1. The molecule has 0 radical (unpaired) electrons. The van der Waals surface area contributed by atoms with Gasteiger partial charge in [0.2, 0.25) is 0 Å². The first kappa shape index (κ1) is 18.5. The molecule has 0 saturated carbocycles. The molecule has 1 amide bonds. The molecule has 0 spiro atoms. The van der Waals surface area contributed by atoms with E-state index in [-0.39, 0.29) is 12.0 Å². The maximum Gasteiger partial charge on any atom is 0.414 e. The lowest BCUT2D eigenvalue weighted by atomic mass is 10.0. The minimum atomic E-state index is -0.249. The van der Waals surface area contributed by atoms with Gasteiger partial charge in [0.05, 0.1) is 19.8 Å². The fourth-order valence-electron chi connectivity index (χ4n) is 2.90. The minimum absolute atomic E-state index is 0.134. The van der Waals surface area contributed by atoms with E-state index in [0.29, 0.717) is 26.4 Å². The maximum absolute atomic E-state index is 12.0. The fraction of sp³-hybridized carbons (Fsp3) is 0.526. The van der Waals surface area contributed by atoms with Crippen molar-refractivity contribution in [3.05, 3.63) is 47.7 Å². The molecule has 132 valence electrons. The number of ether oxygens (including phenoxy) is 2. The molecule has 1 aliphatic heterocycles. The highest BCUT2D eigenvalue weighted by Crippen LogP contribution is 2.22. The molecule has 5 nitrogen and oxygen atoms in total. The van der Waals surface area contributed by atoms with Gasteiger partial charge >= 0.3 is 6.09 Å². The zero-order chi connectivity index (χ0) is 17.4. The van der Waals surface area contributed by atoms with E-state index in [1.807, 2.05) is 32.3 Å². The Kier molecular flexibility index (Phi) is 7.28. The molecule has 1 saturated heterocycles. The van der Waals surface area contributed by atoms with Gasteiger partial charge in [0.1, 0.15) is 6.61 Å². The monoisotopic (exact) mass is 332 g/mol. The molecule has 0 aliphatic carbocycles. The maximum atomic E-state index is 12.0. The van der Waals surface area contributed by atoms with Crippen LogP contribution in [0.2, 0.25) is 0 Å². The Morgan fingerprint density at radius 3 is 2.71 bits per heavy atom. The zero-order valence-corrected chi connectivity index (χ0v) is 14.9. The van der Waals surface area contributed by atoms with Crippen LogP contribution in [-0.4, -0.2) is 56.3 Å². The van der Waals surface area contributed by atoms with E-state index in [9.17, 15) is 4.79 Å². The summed E-state index contributed by atoms with van der Waals surface area (Å²) in [5, 5.41) is 0. The summed E-state index contributed by atoms with van der Waals surface area (Å²) in [6, 6.07) is 10.1. The Morgan fingerprint density at radius 1 is 1.38 bits per heavy atom. The lowest BCUT2D eigenvalue weighted by molar-refractivity contribution is 0.0801. The van der Waals surface area contributed by atoms with Gasteiger partial charge < -0.3 is 14.4 Å². The van der Waals surface area contributed by atoms with Gasteiger partial charge in [-0.3, -0.25) is 4.90 Å². The summed E-state index contributed by atoms with van der Waals surface area (Å²) in [7, 11) is 4.08. The van der Waals surface area contributed by atoms with Gasteiger partial charge in [-0.15, -0.1) is 0 Å². The van der Waals surface area contributed by atoms with E-state index >= 15 is 0 Å². The summed E-state index contributed by atoms with van der Waals surface area (Å²) in [5.74, 6) is 0.134. The average Bonchev–Trinajstić information content (AvgIpc) is 2.98. The molecular formula is C19H28N2O3. The summed E-state index contributed by atoms with van der Waals surface area (Å²) in [5.41, 5.74) is 2.17. The summed E-state index contributed by atoms with van der Waals surface area (Å²) < 4.78 is 11.1. The Balaban J connectivity index is 2.04. The highest BCUT2D eigenvalue weighted by molar-refractivity contribution is 5.71. The number of rotatable bonds is 9. The van der Waals surface area contributed by atoms with Crippen molar-refractivity contribution in [1.29, 1.82) is 0 Å². The standard InChI is InChI=1S/C19H28N2O3/c1-4-8-18(21-11-12-24-19(21)22)17(13-20(2)3)15-23-14-16-9-6-5-7-10-16/h5-10,17H,4,11-15H2,1-3H3/b18-8+. The third-order valence-electron chi connectivity index (χ3n) is 3.92. The van der Waals surface area contributed by atoms with Crippen molar-refractivity contribution in [2.45, 2.75) is 20.0 Å². The predicted octanol–water partition coefficient (Wildman–Crippen LogP) is 3.13. The first-order valence-electron chi connectivity index (χ1n) is 8.52. The molecule has 0 aromatic heterocycles. The van der Waals surface area contributed by atoms with Crippen LogP contribution in [0.4, 0.5) is 4.79 Å². The largest absolute Gasteiger partial charge is 0.447 e. The molecule has 24 heavy (non-hydrogen) atoms. The topological polar surface area (TPSA) is 42.0 Å². The number of nitrogens with zero attached hydrogens (tertiary/aromatic N) is 2. The summed E-state index contributed by atoms with van der Waals surface area (Å²) in [6.07, 6.45) is 2.75. The van der Waals surface area contributed by atoms with E-state index < -0.39 is 0 Å². The second kappa shape index (κ2) is 9.45. The van der Waals surface area contributed by atoms with Crippen molar-refractivity contribution in [3.63, 3.8) is 0 Å². The van der Waals surface area contributed by atoms with E-state index in [0.717, 1.165) is 24.2 Å². The normalized spacial score (nSPS) is 16.6. The summed E-state index contributed by atoms with van der Waals surface area (Å²) in [4.78, 5) is 15.9. The molecule has 1 aliphatic rings. The first-order chi connectivity index (χ1) is 11.6. The van der Waals surface area contributed by atoms with Gasteiger partial charge in [-0.2, -0.15) is 0 Å². The SMILES string of the molecule is CC/C=C(\C(COCc1ccccc1)CN(C)C)N1CCOC1=O. The van der Waals surface area contributed by atoms with Gasteiger partial charge in [-0.05, 0) is 26.1 Å².